The number of hydrogen-bond acceptors (Lipinski definition) is 6. The summed E-state index contributed by atoms with van der Waals surface area (Å²) in [5.41, 5.74) is 1.81. The van der Waals surface area contributed by atoms with E-state index in [9.17, 15) is 13.2 Å². The number of benzene rings is 1. The van der Waals surface area contributed by atoms with Crippen molar-refractivity contribution in [1.29, 1.82) is 0 Å². The molecule has 0 aliphatic carbocycles. The van der Waals surface area contributed by atoms with Gasteiger partial charge >= 0.3 is 0 Å². The Kier molecular flexibility index (Phi) is 5.29. The number of aryl methyl sites for hydroxylation is 1. The van der Waals surface area contributed by atoms with E-state index in [0.29, 0.717) is 29.3 Å². The van der Waals surface area contributed by atoms with E-state index in [2.05, 4.69) is 10.2 Å². The zero-order valence-electron chi connectivity index (χ0n) is 14.3. The van der Waals surface area contributed by atoms with Crippen LogP contribution in [0.1, 0.15) is 28.2 Å². The number of hydrogen-bond donors (Lipinski definition) is 0. The average molecular weight is 380 g/mol. The maximum absolute atomic E-state index is 12.3. The molecule has 1 aliphatic heterocycles. The van der Waals surface area contributed by atoms with Crippen molar-refractivity contribution in [3.63, 3.8) is 0 Å². The average Bonchev–Trinajstić information content (AvgIpc) is 3.09. The summed E-state index contributed by atoms with van der Waals surface area (Å²) in [6.45, 7) is 1.99. The third-order valence-corrected chi connectivity index (χ3v) is 7.29. The van der Waals surface area contributed by atoms with Gasteiger partial charge in [-0.3, -0.25) is 4.79 Å². The van der Waals surface area contributed by atoms with Crippen LogP contribution in [0.25, 0.3) is 0 Å². The number of aromatic nitrogens is 3. The molecular weight excluding hydrogens is 358 g/mol. The summed E-state index contributed by atoms with van der Waals surface area (Å²) in [5.74, 6) is 1.73. The van der Waals surface area contributed by atoms with Crippen LogP contribution in [0.4, 0.5) is 0 Å². The van der Waals surface area contributed by atoms with E-state index >= 15 is 0 Å². The molecule has 25 heavy (non-hydrogen) atoms. The quantitative estimate of drug-likeness (QED) is 0.564. The Morgan fingerprint density at radius 3 is 2.64 bits per heavy atom. The maximum atomic E-state index is 12.3. The Labute approximate surface area is 152 Å². The lowest BCUT2D eigenvalue weighted by Gasteiger charge is -2.07. The third-order valence-electron chi connectivity index (χ3n) is 4.43. The minimum atomic E-state index is -2.88. The third kappa shape index (κ3) is 4.49. The zero-order chi connectivity index (χ0) is 18.0. The predicted octanol–water partition coefficient (Wildman–Crippen LogP) is 2.08. The van der Waals surface area contributed by atoms with Crippen LogP contribution < -0.4 is 0 Å². The monoisotopic (exact) mass is 379 g/mol. The van der Waals surface area contributed by atoms with E-state index < -0.39 is 9.84 Å². The largest absolute Gasteiger partial charge is 0.309 e. The van der Waals surface area contributed by atoms with Gasteiger partial charge in [0.25, 0.3) is 0 Å². The van der Waals surface area contributed by atoms with Crippen molar-refractivity contribution >= 4 is 27.4 Å². The Balaban J connectivity index is 1.59. The SMILES string of the molecule is Cc1ccc(C(=O)CSc2nnc(C[C@H]3CCS(=O)(=O)C3)n2C)cc1. The minimum absolute atomic E-state index is 0.0523. The van der Waals surface area contributed by atoms with Crippen molar-refractivity contribution in [2.75, 3.05) is 17.3 Å². The van der Waals surface area contributed by atoms with Gasteiger partial charge in [0.15, 0.2) is 20.8 Å². The van der Waals surface area contributed by atoms with Gasteiger partial charge in [-0.05, 0) is 19.3 Å². The number of ketones is 1. The fourth-order valence-corrected chi connectivity index (χ4v) is 5.58. The summed E-state index contributed by atoms with van der Waals surface area (Å²) >= 11 is 1.35. The molecule has 2 aromatic rings. The Bertz CT molecular complexity index is 873. The van der Waals surface area contributed by atoms with Crippen LogP contribution in [0.5, 0.6) is 0 Å². The normalized spacial score (nSPS) is 19.2. The van der Waals surface area contributed by atoms with Crippen LogP contribution >= 0.6 is 11.8 Å². The lowest BCUT2D eigenvalue weighted by Crippen LogP contribution is -2.11. The van der Waals surface area contributed by atoms with E-state index in [1.165, 1.54) is 11.8 Å². The molecule has 0 saturated carbocycles. The molecule has 1 aromatic carbocycles. The molecular formula is C17H21N3O3S2. The number of nitrogens with zero attached hydrogens (tertiary/aromatic N) is 3. The first kappa shape index (κ1) is 18.1. The lowest BCUT2D eigenvalue weighted by atomic mass is 10.1. The van der Waals surface area contributed by atoms with Crippen molar-refractivity contribution in [3.8, 4) is 0 Å². The zero-order valence-corrected chi connectivity index (χ0v) is 15.9. The Morgan fingerprint density at radius 2 is 2.00 bits per heavy atom. The van der Waals surface area contributed by atoms with Crippen molar-refractivity contribution < 1.29 is 13.2 Å². The summed E-state index contributed by atoms with van der Waals surface area (Å²) in [7, 11) is -1.03. The topological polar surface area (TPSA) is 81.9 Å². The van der Waals surface area contributed by atoms with Gasteiger partial charge in [0.05, 0.1) is 17.3 Å². The standard InChI is InChI=1S/C17H21N3O3S2/c1-12-3-5-14(6-4-12)15(21)10-24-17-19-18-16(20(17)2)9-13-7-8-25(22,23)11-13/h3-6,13H,7-11H2,1-2H3/t13-/m1/s1. The molecule has 1 fully saturated rings. The lowest BCUT2D eigenvalue weighted by molar-refractivity contribution is 0.102. The highest BCUT2D eigenvalue weighted by Crippen LogP contribution is 2.24. The molecule has 1 saturated heterocycles. The Hall–Kier alpha value is -1.67. The molecule has 0 N–H and O–H groups in total. The molecule has 6 nitrogen and oxygen atoms in total. The van der Waals surface area contributed by atoms with Crippen LogP contribution in [-0.4, -0.2) is 46.2 Å². The smallest absolute Gasteiger partial charge is 0.191 e. The van der Waals surface area contributed by atoms with Crippen molar-refractivity contribution in [1.82, 2.24) is 14.8 Å². The predicted molar refractivity (Wildman–Crippen MR) is 97.7 cm³/mol. The van der Waals surface area contributed by atoms with Gasteiger partial charge in [0.1, 0.15) is 5.82 Å². The summed E-state index contributed by atoms with van der Waals surface area (Å²) in [5, 5.41) is 9.00. The summed E-state index contributed by atoms with van der Waals surface area (Å²) in [4.78, 5) is 12.3. The molecule has 3 rings (SSSR count). The molecule has 0 radical (unpaired) electrons. The second-order valence-electron chi connectivity index (χ2n) is 6.51. The van der Waals surface area contributed by atoms with E-state index in [0.717, 1.165) is 11.4 Å². The van der Waals surface area contributed by atoms with Gasteiger partial charge in [0.2, 0.25) is 0 Å². The van der Waals surface area contributed by atoms with Crippen LogP contribution in [0.15, 0.2) is 29.4 Å². The molecule has 2 heterocycles. The molecule has 134 valence electrons. The summed E-state index contributed by atoms with van der Waals surface area (Å²) in [6, 6.07) is 7.52. The summed E-state index contributed by atoms with van der Waals surface area (Å²) in [6.07, 6.45) is 1.29. The van der Waals surface area contributed by atoms with E-state index in [4.69, 9.17) is 0 Å². The van der Waals surface area contributed by atoms with Crippen LogP contribution in [0.2, 0.25) is 0 Å². The minimum Gasteiger partial charge on any atom is -0.309 e. The molecule has 0 amide bonds. The van der Waals surface area contributed by atoms with Gasteiger partial charge in [-0.25, -0.2) is 8.42 Å². The first-order chi connectivity index (χ1) is 11.8. The number of thioether (sulfide) groups is 1. The Morgan fingerprint density at radius 1 is 1.28 bits per heavy atom. The van der Waals surface area contributed by atoms with E-state index in [1.807, 2.05) is 42.8 Å². The van der Waals surface area contributed by atoms with Crippen molar-refractivity contribution in [2.24, 2.45) is 13.0 Å². The van der Waals surface area contributed by atoms with E-state index in [1.54, 1.807) is 0 Å². The molecule has 1 aromatic heterocycles. The number of Topliss-reactive ketones (excluding diaryl/α,β-unsaturated/α-hetero) is 1. The van der Waals surface area contributed by atoms with Gasteiger partial charge in [-0.2, -0.15) is 0 Å². The number of carbonyl (C=O) groups is 1. The van der Waals surface area contributed by atoms with Crippen LogP contribution in [0, 0.1) is 12.8 Å². The molecule has 0 bridgehead atoms. The van der Waals surface area contributed by atoms with Crippen LogP contribution in [0.3, 0.4) is 0 Å². The van der Waals surface area contributed by atoms with Crippen LogP contribution in [-0.2, 0) is 23.3 Å². The molecule has 1 atom stereocenters. The highest BCUT2D eigenvalue weighted by Gasteiger charge is 2.29. The van der Waals surface area contributed by atoms with Crippen molar-refractivity contribution in [3.05, 3.63) is 41.2 Å². The molecule has 0 unspecified atom stereocenters. The summed E-state index contributed by atoms with van der Waals surface area (Å²) < 4.78 is 25.0. The number of sulfone groups is 1. The van der Waals surface area contributed by atoms with Crippen molar-refractivity contribution in [2.45, 2.75) is 24.9 Å². The molecule has 0 spiro atoms. The fourth-order valence-electron chi connectivity index (χ4n) is 2.89. The number of carbonyl (C=O) groups excluding carboxylic acids is 1. The first-order valence-electron chi connectivity index (χ1n) is 8.15. The van der Waals surface area contributed by atoms with Gasteiger partial charge in [-0.15, -0.1) is 10.2 Å². The van der Waals surface area contributed by atoms with Gasteiger partial charge in [0, 0.05) is 19.0 Å². The molecule has 8 heteroatoms. The van der Waals surface area contributed by atoms with Gasteiger partial charge < -0.3 is 4.57 Å². The highest BCUT2D eigenvalue weighted by molar-refractivity contribution is 7.99. The maximum Gasteiger partial charge on any atom is 0.191 e. The second kappa shape index (κ2) is 7.29. The first-order valence-corrected chi connectivity index (χ1v) is 11.0. The second-order valence-corrected chi connectivity index (χ2v) is 9.68. The highest BCUT2D eigenvalue weighted by atomic mass is 32.2. The fraction of sp³-hybridized carbons (Fsp3) is 0.471. The van der Waals surface area contributed by atoms with E-state index in [-0.39, 0.29) is 23.2 Å². The molecule has 1 aliphatic rings. The number of rotatable bonds is 6. The van der Waals surface area contributed by atoms with Gasteiger partial charge in [-0.1, -0.05) is 41.6 Å².